The van der Waals surface area contributed by atoms with Crippen LogP contribution >= 0.6 is 0 Å². The van der Waals surface area contributed by atoms with E-state index in [2.05, 4.69) is 17.4 Å². The molecule has 0 saturated carbocycles. The van der Waals surface area contributed by atoms with Crippen molar-refractivity contribution in [2.45, 2.75) is 25.3 Å². The molecule has 0 bridgehead atoms. The molecule has 1 aromatic rings. The maximum atomic E-state index is 10.8. The molecule has 1 atom stereocenters. The van der Waals surface area contributed by atoms with E-state index in [1.807, 2.05) is 12.1 Å². The molecule has 1 aromatic carbocycles. The first-order chi connectivity index (χ1) is 6.77. The Morgan fingerprint density at radius 2 is 2.21 bits per heavy atom. The average molecular weight is 190 g/mol. The van der Waals surface area contributed by atoms with E-state index in [0.29, 0.717) is 0 Å². The zero-order chi connectivity index (χ0) is 9.97. The van der Waals surface area contributed by atoms with Crippen molar-refractivity contribution >= 4 is 6.03 Å². The van der Waals surface area contributed by atoms with Gasteiger partial charge in [-0.2, -0.15) is 0 Å². The number of urea groups is 1. The van der Waals surface area contributed by atoms with E-state index < -0.39 is 6.03 Å². The summed E-state index contributed by atoms with van der Waals surface area (Å²) in [5, 5.41) is 2.78. The van der Waals surface area contributed by atoms with Crippen LogP contribution in [0.4, 0.5) is 4.79 Å². The molecule has 3 N–H and O–H groups in total. The minimum atomic E-state index is -0.438. The maximum absolute atomic E-state index is 10.8. The Morgan fingerprint density at radius 3 is 3.00 bits per heavy atom. The minimum absolute atomic E-state index is 0.109. The predicted octanol–water partition coefficient (Wildman–Crippen LogP) is 1.73. The highest BCUT2D eigenvalue weighted by Gasteiger charge is 2.19. The normalized spacial score (nSPS) is 19.9. The maximum Gasteiger partial charge on any atom is 0.312 e. The number of primary amides is 1. The number of amides is 2. The third-order valence-electron chi connectivity index (χ3n) is 2.69. The first-order valence-corrected chi connectivity index (χ1v) is 4.91. The third-order valence-corrected chi connectivity index (χ3v) is 2.69. The van der Waals surface area contributed by atoms with Crippen molar-refractivity contribution in [2.24, 2.45) is 5.73 Å². The van der Waals surface area contributed by atoms with E-state index in [1.54, 1.807) is 0 Å². The number of carbonyl (C=O) groups is 1. The fourth-order valence-electron chi connectivity index (χ4n) is 2.08. The molecule has 0 heterocycles. The van der Waals surface area contributed by atoms with Gasteiger partial charge >= 0.3 is 6.03 Å². The molecule has 0 saturated heterocycles. The van der Waals surface area contributed by atoms with Crippen LogP contribution in [0.15, 0.2) is 24.3 Å². The van der Waals surface area contributed by atoms with Gasteiger partial charge in [-0.05, 0) is 30.4 Å². The number of rotatable bonds is 1. The second-order valence-electron chi connectivity index (χ2n) is 3.65. The zero-order valence-electron chi connectivity index (χ0n) is 7.99. The van der Waals surface area contributed by atoms with E-state index in [-0.39, 0.29) is 6.04 Å². The van der Waals surface area contributed by atoms with Gasteiger partial charge in [0.1, 0.15) is 0 Å². The lowest BCUT2D eigenvalue weighted by Gasteiger charge is -2.25. The number of fused-ring (bicyclic) bond motifs is 1. The summed E-state index contributed by atoms with van der Waals surface area (Å²) in [4.78, 5) is 10.8. The molecule has 0 radical (unpaired) electrons. The number of aryl methyl sites for hydroxylation is 1. The van der Waals surface area contributed by atoms with E-state index in [9.17, 15) is 4.79 Å². The van der Waals surface area contributed by atoms with Crippen LogP contribution < -0.4 is 11.1 Å². The van der Waals surface area contributed by atoms with Crippen LogP contribution in [0.1, 0.15) is 30.0 Å². The monoisotopic (exact) mass is 190 g/mol. The van der Waals surface area contributed by atoms with Crippen molar-refractivity contribution < 1.29 is 4.79 Å². The van der Waals surface area contributed by atoms with Crippen molar-refractivity contribution in [1.29, 1.82) is 0 Å². The van der Waals surface area contributed by atoms with E-state index in [4.69, 9.17) is 5.73 Å². The molecule has 0 aliphatic heterocycles. The predicted molar refractivity (Wildman–Crippen MR) is 54.8 cm³/mol. The van der Waals surface area contributed by atoms with Gasteiger partial charge in [0, 0.05) is 0 Å². The average Bonchev–Trinajstić information content (AvgIpc) is 2.18. The molecule has 2 amide bonds. The molecule has 14 heavy (non-hydrogen) atoms. The Labute approximate surface area is 83.3 Å². The van der Waals surface area contributed by atoms with E-state index >= 15 is 0 Å². The second kappa shape index (κ2) is 3.70. The van der Waals surface area contributed by atoms with Crippen LogP contribution in [0.3, 0.4) is 0 Å². The first-order valence-electron chi connectivity index (χ1n) is 4.91. The molecule has 1 aliphatic rings. The third kappa shape index (κ3) is 1.71. The lowest BCUT2D eigenvalue weighted by Crippen LogP contribution is -2.34. The zero-order valence-corrected chi connectivity index (χ0v) is 7.99. The molecular formula is C11H14N2O. The summed E-state index contributed by atoms with van der Waals surface area (Å²) in [5.74, 6) is 0. The van der Waals surface area contributed by atoms with Gasteiger partial charge in [0.15, 0.2) is 0 Å². The second-order valence-corrected chi connectivity index (χ2v) is 3.65. The molecule has 3 nitrogen and oxygen atoms in total. The van der Waals surface area contributed by atoms with Gasteiger partial charge in [0.2, 0.25) is 0 Å². The summed E-state index contributed by atoms with van der Waals surface area (Å²) in [5.41, 5.74) is 7.68. The van der Waals surface area contributed by atoms with Crippen molar-refractivity contribution in [3.05, 3.63) is 35.4 Å². The molecule has 3 heteroatoms. The number of benzene rings is 1. The Bertz CT molecular complexity index is 349. The fraction of sp³-hybridized carbons (Fsp3) is 0.364. The number of hydrogen-bond donors (Lipinski definition) is 2. The summed E-state index contributed by atoms with van der Waals surface area (Å²) in [6, 6.07) is 7.88. The van der Waals surface area contributed by atoms with Gasteiger partial charge in [0.25, 0.3) is 0 Å². The summed E-state index contributed by atoms with van der Waals surface area (Å²) in [6.07, 6.45) is 3.20. The lowest BCUT2D eigenvalue weighted by molar-refractivity contribution is 0.244. The summed E-state index contributed by atoms with van der Waals surface area (Å²) >= 11 is 0. The van der Waals surface area contributed by atoms with Crippen LogP contribution in [0.5, 0.6) is 0 Å². The van der Waals surface area contributed by atoms with Gasteiger partial charge in [-0.15, -0.1) is 0 Å². The number of nitrogens with one attached hydrogen (secondary N) is 1. The first kappa shape index (κ1) is 9.06. The Kier molecular flexibility index (Phi) is 2.39. The standard InChI is InChI=1S/C11H14N2O/c12-11(14)13-10-7-3-5-8-4-1-2-6-9(8)10/h1-2,4,6,10H,3,5,7H2,(H3,12,13,14)/t10-/m0/s1. The highest BCUT2D eigenvalue weighted by Crippen LogP contribution is 2.28. The molecule has 0 spiro atoms. The van der Waals surface area contributed by atoms with Crippen molar-refractivity contribution in [1.82, 2.24) is 5.32 Å². The van der Waals surface area contributed by atoms with Crippen LogP contribution in [-0.2, 0) is 6.42 Å². The SMILES string of the molecule is NC(=O)N[C@H]1CCCc2ccccc21. The lowest BCUT2D eigenvalue weighted by atomic mass is 9.88. The molecule has 1 aliphatic carbocycles. The highest BCUT2D eigenvalue weighted by atomic mass is 16.2. The molecule has 2 rings (SSSR count). The van der Waals surface area contributed by atoms with Crippen LogP contribution in [-0.4, -0.2) is 6.03 Å². The van der Waals surface area contributed by atoms with E-state index in [0.717, 1.165) is 19.3 Å². The molecule has 0 aromatic heterocycles. The Balaban J connectivity index is 2.26. The Morgan fingerprint density at radius 1 is 1.43 bits per heavy atom. The van der Waals surface area contributed by atoms with Crippen LogP contribution in [0.2, 0.25) is 0 Å². The van der Waals surface area contributed by atoms with Gasteiger partial charge in [-0.1, -0.05) is 24.3 Å². The topological polar surface area (TPSA) is 55.1 Å². The summed E-state index contributed by atoms with van der Waals surface area (Å²) in [6.45, 7) is 0. The molecule has 0 fully saturated rings. The van der Waals surface area contributed by atoms with Gasteiger partial charge in [-0.25, -0.2) is 4.79 Å². The summed E-state index contributed by atoms with van der Waals surface area (Å²) in [7, 11) is 0. The summed E-state index contributed by atoms with van der Waals surface area (Å²) < 4.78 is 0. The smallest absolute Gasteiger partial charge is 0.312 e. The fourth-order valence-corrected chi connectivity index (χ4v) is 2.08. The van der Waals surface area contributed by atoms with Crippen molar-refractivity contribution in [3.8, 4) is 0 Å². The number of nitrogens with two attached hydrogens (primary N) is 1. The number of carbonyl (C=O) groups excluding carboxylic acids is 1. The molecular weight excluding hydrogens is 176 g/mol. The van der Waals surface area contributed by atoms with Gasteiger partial charge < -0.3 is 11.1 Å². The Hall–Kier alpha value is -1.51. The largest absolute Gasteiger partial charge is 0.352 e. The molecule has 0 unspecified atom stereocenters. The quantitative estimate of drug-likeness (QED) is 0.696. The van der Waals surface area contributed by atoms with Crippen LogP contribution in [0.25, 0.3) is 0 Å². The number of hydrogen-bond acceptors (Lipinski definition) is 1. The van der Waals surface area contributed by atoms with Crippen LogP contribution in [0, 0.1) is 0 Å². The van der Waals surface area contributed by atoms with E-state index in [1.165, 1.54) is 11.1 Å². The molecule has 74 valence electrons. The van der Waals surface area contributed by atoms with Crippen molar-refractivity contribution in [3.63, 3.8) is 0 Å². The van der Waals surface area contributed by atoms with Crippen molar-refractivity contribution in [2.75, 3.05) is 0 Å². The minimum Gasteiger partial charge on any atom is -0.352 e. The highest BCUT2D eigenvalue weighted by molar-refractivity contribution is 5.72. The van der Waals surface area contributed by atoms with Gasteiger partial charge in [-0.3, -0.25) is 0 Å². The van der Waals surface area contributed by atoms with Gasteiger partial charge in [0.05, 0.1) is 6.04 Å².